The number of fused-ring (bicyclic) bond motifs is 1. The lowest BCUT2D eigenvalue weighted by Gasteiger charge is -2.26. The smallest absolute Gasteiger partial charge is 0.162 e. The van der Waals surface area contributed by atoms with E-state index in [4.69, 9.17) is 9.72 Å². The van der Waals surface area contributed by atoms with Crippen molar-refractivity contribution in [2.45, 2.75) is 26.7 Å². The summed E-state index contributed by atoms with van der Waals surface area (Å²) in [6.45, 7) is 9.02. The first-order valence-corrected chi connectivity index (χ1v) is 10.9. The molecule has 1 saturated heterocycles. The Morgan fingerprint density at radius 3 is 2.58 bits per heavy atom. The summed E-state index contributed by atoms with van der Waals surface area (Å²) in [5.74, 6) is 0. The molecule has 1 aliphatic heterocycles. The van der Waals surface area contributed by atoms with Gasteiger partial charge in [-0.2, -0.15) is 10.2 Å². The van der Waals surface area contributed by atoms with E-state index in [0.29, 0.717) is 0 Å². The summed E-state index contributed by atoms with van der Waals surface area (Å²) in [4.78, 5) is 7.21. The topological polar surface area (TPSA) is 71.3 Å². The molecule has 0 atom stereocenters. The first-order valence-electron chi connectivity index (χ1n) is 10.9. The third-order valence-corrected chi connectivity index (χ3v) is 6.08. The molecule has 0 aliphatic carbocycles. The van der Waals surface area contributed by atoms with E-state index in [9.17, 15) is 0 Å². The highest BCUT2D eigenvalue weighted by Crippen LogP contribution is 2.29. The number of hydrogen-bond acceptors (Lipinski definition) is 5. The van der Waals surface area contributed by atoms with Gasteiger partial charge in [-0.15, -0.1) is 0 Å². The molecule has 0 saturated carbocycles. The molecule has 1 aromatic carbocycles. The molecule has 4 heterocycles. The summed E-state index contributed by atoms with van der Waals surface area (Å²) in [6.07, 6.45) is 8.12. The molecule has 4 aromatic rings. The number of nitrogens with zero attached hydrogens (tertiary/aromatic N) is 5. The van der Waals surface area contributed by atoms with Gasteiger partial charge in [0.05, 0.1) is 30.7 Å². The molecule has 0 amide bonds. The summed E-state index contributed by atoms with van der Waals surface area (Å²) < 4.78 is 7.27. The van der Waals surface area contributed by atoms with Crippen molar-refractivity contribution >= 4 is 5.65 Å². The molecule has 7 heteroatoms. The number of rotatable bonds is 6. The third-order valence-electron chi connectivity index (χ3n) is 6.08. The number of aromatic nitrogens is 5. The van der Waals surface area contributed by atoms with Crippen LogP contribution in [0.2, 0.25) is 0 Å². The predicted octanol–water partition coefficient (Wildman–Crippen LogP) is 3.67. The molecule has 1 aliphatic rings. The molecule has 0 spiro atoms. The number of nitrogens with one attached hydrogen (secondary N) is 1. The van der Waals surface area contributed by atoms with E-state index in [1.807, 2.05) is 37.0 Å². The quantitative estimate of drug-likeness (QED) is 0.519. The number of aromatic amines is 1. The Kier molecular flexibility index (Phi) is 5.53. The number of morpholine rings is 1. The Morgan fingerprint density at radius 2 is 1.84 bits per heavy atom. The van der Waals surface area contributed by atoms with E-state index in [2.05, 4.69) is 44.5 Å². The van der Waals surface area contributed by atoms with Crippen molar-refractivity contribution in [2.75, 3.05) is 32.8 Å². The van der Waals surface area contributed by atoms with Gasteiger partial charge in [0.2, 0.25) is 0 Å². The van der Waals surface area contributed by atoms with Crippen LogP contribution in [0.15, 0.2) is 42.9 Å². The maximum Gasteiger partial charge on any atom is 0.162 e. The summed E-state index contributed by atoms with van der Waals surface area (Å²) in [5, 5.41) is 11.9. The van der Waals surface area contributed by atoms with Crippen molar-refractivity contribution in [3.63, 3.8) is 0 Å². The van der Waals surface area contributed by atoms with E-state index in [0.717, 1.165) is 78.6 Å². The zero-order valence-electron chi connectivity index (χ0n) is 18.1. The molecule has 0 bridgehead atoms. The highest BCUT2D eigenvalue weighted by atomic mass is 16.5. The highest BCUT2D eigenvalue weighted by molar-refractivity contribution is 5.80. The third kappa shape index (κ3) is 4.11. The number of benzene rings is 1. The SMILES string of the molecule is Cc1n[nH]c(C)c1-c1cnn2cc(-c3ccc(CCCN4CCOCC4)cc3)cnc12. The average molecular weight is 417 g/mol. The van der Waals surface area contributed by atoms with Crippen LogP contribution in [0.5, 0.6) is 0 Å². The molecule has 0 unspecified atom stereocenters. The fourth-order valence-electron chi connectivity index (χ4n) is 4.34. The van der Waals surface area contributed by atoms with Crippen LogP contribution in [0.4, 0.5) is 0 Å². The minimum Gasteiger partial charge on any atom is -0.379 e. The van der Waals surface area contributed by atoms with Gasteiger partial charge in [0.25, 0.3) is 0 Å². The molecular formula is C24H28N6O. The zero-order chi connectivity index (χ0) is 21.2. The minimum absolute atomic E-state index is 0.844. The van der Waals surface area contributed by atoms with Crippen LogP contribution in [0.3, 0.4) is 0 Å². The van der Waals surface area contributed by atoms with Crippen LogP contribution in [0, 0.1) is 13.8 Å². The van der Waals surface area contributed by atoms with E-state index < -0.39 is 0 Å². The lowest BCUT2D eigenvalue weighted by Crippen LogP contribution is -2.36. The molecule has 0 radical (unpaired) electrons. The van der Waals surface area contributed by atoms with E-state index in [1.165, 1.54) is 12.0 Å². The Hall–Kier alpha value is -3.03. The first kappa shape index (κ1) is 19.9. The highest BCUT2D eigenvalue weighted by Gasteiger charge is 2.15. The predicted molar refractivity (Wildman–Crippen MR) is 121 cm³/mol. The van der Waals surface area contributed by atoms with Crippen molar-refractivity contribution < 1.29 is 4.74 Å². The van der Waals surface area contributed by atoms with Crippen molar-refractivity contribution in [3.05, 3.63) is 59.8 Å². The number of hydrogen-bond donors (Lipinski definition) is 1. The van der Waals surface area contributed by atoms with Gasteiger partial charge in [0, 0.05) is 42.3 Å². The molecule has 160 valence electrons. The van der Waals surface area contributed by atoms with Crippen molar-refractivity contribution in [1.82, 2.24) is 29.7 Å². The second-order valence-electron chi connectivity index (χ2n) is 8.23. The van der Waals surface area contributed by atoms with Crippen LogP contribution >= 0.6 is 0 Å². The van der Waals surface area contributed by atoms with E-state index >= 15 is 0 Å². The maximum absolute atomic E-state index is 5.42. The number of H-pyrrole nitrogens is 1. The Bertz CT molecular complexity index is 1150. The van der Waals surface area contributed by atoms with Gasteiger partial charge in [-0.1, -0.05) is 24.3 Å². The molecular weight excluding hydrogens is 388 g/mol. The standard InChI is InChI=1S/C24H28N6O/c1-17-23(18(2)28-27-17)22-15-26-30-16-21(14-25-24(22)30)20-7-5-19(6-8-20)4-3-9-29-10-12-31-13-11-29/h5-8,14-16H,3-4,9-13H2,1-2H3,(H,27,28). The summed E-state index contributed by atoms with van der Waals surface area (Å²) >= 11 is 0. The van der Waals surface area contributed by atoms with Gasteiger partial charge < -0.3 is 4.74 Å². The molecule has 3 aromatic heterocycles. The molecule has 31 heavy (non-hydrogen) atoms. The molecule has 7 nitrogen and oxygen atoms in total. The van der Waals surface area contributed by atoms with Crippen LogP contribution < -0.4 is 0 Å². The molecule has 5 rings (SSSR count). The van der Waals surface area contributed by atoms with Crippen molar-refractivity contribution in [2.24, 2.45) is 0 Å². The van der Waals surface area contributed by atoms with E-state index in [1.54, 1.807) is 0 Å². The average Bonchev–Trinajstić information content (AvgIpc) is 3.36. The second kappa shape index (κ2) is 8.61. The second-order valence-corrected chi connectivity index (χ2v) is 8.23. The lowest BCUT2D eigenvalue weighted by molar-refractivity contribution is 0.0375. The fourth-order valence-corrected chi connectivity index (χ4v) is 4.34. The molecule has 1 fully saturated rings. The Morgan fingerprint density at radius 1 is 1.03 bits per heavy atom. The van der Waals surface area contributed by atoms with Gasteiger partial charge in [0.1, 0.15) is 0 Å². The summed E-state index contributed by atoms with van der Waals surface area (Å²) in [7, 11) is 0. The van der Waals surface area contributed by atoms with E-state index in [-0.39, 0.29) is 0 Å². The number of ether oxygens (including phenoxy) is 1. The Labute approximate surface area is 182 Å². The van der Waals surface area contributed by atoms with Crippen LogP contribution in [-0.4, -0.2) is 62.5 Å². The van der Waals surface area contributed by atoms with Crippen LogP contribution in [-0.2, 0) is 11.2 Å². The molecule has 1 N–H and O–H groups in total. The summed E-state index contributed by atoms with van der Waals surface area (Å²) in [5.41, 5.74) is 8.50. The minimum atomic E-state index is 0.844. The Balaban J connectivity index is 1.29. The monoisotopic (exact) mass is 416 g/mol. The van der Waals surface area contributed by atoms with Gasteiger partial charge in [-0.3, -0.25) is 10.00 Å². The summed E-state index contributed by atoms with van der Waals surface area (Å²) in [6, 6.07) is 8.82. The van der Waals surface area contributed by atoms with Crippen molar-refractivity contribution in [1.29, 1.82) is 0 Å². The lowest BCUT2D eigenvalue weighted by atomic mass is 10.0. The normalized spacial score (nSPS) is 15.0. The largest absolute Gasteiger partial charge is 0.379 e. The first-order chi connectivity index (χ1) is 15.2. The van der Waals surface area contributed by atoms with Gasteiger partial charge in [-0.25, -0.2) is 9.50 Å². The van der Waals surface area contributed by atoms with Crippen LogP contribution in [0.25, 0.3) is 27.9 Å². The van der Waals surface area contributed by atoms with Gasteiger partial charge in [0.15, 0.2) is 5.65 Å². The van der Waals surface area contributed by atoms with Crippen LogP contribution in [0.1, 0.15) is 23.4 Å². The van der Waals surface area contributed by atoms with Gasteiger partial charge in [-0.05, 0) is 44.4 Å². The zero-order valence-corrected chi connectivity index (χ0v) is 18.1. The fraction of sp³-hybridized carbons (Fsp3) is 0.375. The van der Waals surface area contributed by atoms with Gasteiger partial charge >= 0.3 is 0 Å². The van der Waals surface area contributed by atoms with Crippen molar-refractivity contribution in [3.8, 4) is 22.3 Å². The number of aryl methyl sites for hydroxylation is 3. The maximum atomic E-state index is 5.42.